The second-order valence-electron chi connectivity index (χ2n) is 6.35. The highest BCUT2D eigenvalue weighted by atomic mass is 35.5. The van der Waals surface area contributed by atoms with Gasteiger partial charge in [-0.25, -0.2) is 0 Å². The van der Waals surface area contributed by atoms with Crippen LogP contribution in [0.1, 0.15) is 45.1 Å². The van der Waals surface area contributed by atoms with Gasteiger partial charge in [0.15, 0.2) is 0 Å². The smallest absolute Gasteiger partial charge is 0.316 e. The lowest BCUT2D eigenvalue weighted by atomic mass is 9.89. The van der Waals surface area contributed by atoms with Crippen LogP contribution in [-0.2, 0) is 4.79 Å². The minimum Gasteiger partial charge on any atom is -0.426 e. The predicted octanol–water partition coefficient (Wildman–Crippen LogP) is 3.76. The van der Waals surface area contributed by atoms with Crippen LogP contribution in [0.15, 0.2) is 18.2 Å². The molecule has 0 radical (unpaired) electrons. The maximum Gasteiger partial charge on any atom is 0.316 e. The van der Waals surface area contributed by atoms with Gasteiger partial charge in [-0.05, 0) is 76.4 Å². The minimum absolute atomic E-state index is 0.213. The first-order valence-corrected chi connectivity index (χ1v) is 7.48. The van der Waals surface area contributed by atoms with Gasteiger partial charge in [0.2, 0.25) is 0 Å². The second kappa shape index (κ2) is 6.15. The van der Waals surface area contributed by atoms with Gasteiger partial charge in [0.1, 0.15) is 5.75 Å². The molecule has 0 aliphatic carbocycles. The van der Waals surface area contributed by atoms with Gasteiger partial charge in [0, 0.05) is 5.02 Å². The monoisotopic (exact) mass is 295 g/mol. The summed E-state index contributed by atoms with van der Waals surface area (Å²) in [4.78, 5) is 12.1. The summed E-state index contributed by atoms with van der Waals surface area (Å²) in [5.74, 6) is 0.842. The Hall–Kier alpha value is -1.06. The second-order valence-corrected chi connectivity index (χ2v) is 6.78. The number of hydrogen-bond donors (Lipinski definition) is 1. The summed E-state index contributed by atoms with van der Waals surface area (Å²) in [6.07, 6.45) is 2.08. The maximum atomic E-state index is 12.1. The third-order valence-corrected chi connectivity index (χ3v) is 3.80. The van der Waals surface area contributed by atoms with E-state index in [0.29, 0.717) is 16.7 Å². The van der Waals surface area contributed by atoms with Crippen LogP contribution >= 0.6 is 11.6 Å². The first-order valence-electron chi connectivity index (χ1n) is 7.10. The molecule has 110 valence electrons. The zero-order valence-electron chi connectivity index (χ0n) is 12.3. The van der Waals surface area contributed by atoms with E-state index in [9.17, 15) is 4.79 Å². The van der Waals surface area contributed by atoms with Gasteiger partial charge < -0.3 is 10.1 Å². The molecule has 1 aromatic rings. The highest BCUT2D eigenvalue weighted by Crippen LogP contribution is 2.35. The molecule has 0 unspecified atom stereocenters. The number of halogens is 1. The largest absolute Gasteiger partial charge is 0.426 e. The number of esters is 1. The number of benzene rings is 1. The number of carbonyl (C=O) groups excluding carboxylic acids is 1. The molecule has 0 atom stereocenters. The van der Waals surface area contributed by atoms with Crippen molar-refractivity contribution in [3.05, 3.63) is 28.8 Å². The van der Waals surface area contributed by atoms with Gasteiger partial charge in [-0.1, -0.05) is 11.6 Å². The Morgan fingerprint density at radius 2 is 1.95 bits per heavy atom. The summed E-state index contributed by atoms with van der Waals surface area (Å²) >= 11 is 6.11. The average Bonchev–Trinajstić information content (AvgIpc) is 2.40. The van der Waals surface area contributed by atoms with Crippen LogP contribution in [0.5, 0.6) is 5.75 Å². The number of piperidine rings is 1. The van der Waals surface area contributed by atoms with Crippen molar-refractivity contribution in [1.29, 1.82) is 0 Å². The molecule has 1 fully saturated rings. The van der Waals surface area contributed by atoms with Gasteiger partial charge in [0.05, 0.1) is 5.41 Å². The van der Waals surface area contributed by atoms with Crippen LogP contribution < -0.4 is 10.1 Å². The van der Waals surface area contributed by atoms with Crippen LogP contribution in [0.25, 0.3) is 0 Å². The molecule has 1 heterocycles. The molecule has 20 heavy (non-hydrogen) atoms. The Bertz CT molecular complexity index is 488. The normalized spacial score (nSPS) is 17.0. The third-order valence-electron chi connectivity index (χ3n) is 3.57. The summed E-state index contributed by atoms with van der Waals surface area (Å²) in [6.45, 7) is 7.55. The van der Waals surface area contributed by atoms with E-state index in [1.165, 1.54) is 0 Å². The van der Waals surface area contributed by atoms with Gasteiger partial charge in [-0.15, -0.1) is 0 Å². The van der Waals surface area contributed by atoms with E-state index in [-0.39, 0.29) is 5.97 Å². The molecule has 4 heteroatoms. The fourth-order valence-corrected chi connectivity index (χ4v) is 2.50. The Morgan fingerprint density at radius 1 is 1.30 bits per heavy atom. The predicted molar refractivity (Wildman–Crippen MR) is 81.4 cm³/mol. The number of hydrogen-bond acceptors (Lipinski definition) is 3. The highest BCUT2D eigenvalue weighted by molar-refractivity contribution is 6.30. The van der Waals surface area contributed by atoms with Gasteiger partial charge >= 0.3 is 5.97 Å². The zero-order valence-corrected chi connectivity index (χ0v) is 13.1. The number of nitrogens with one attached hydrogen (secondary N) is 1. The number of ether oxygens (including phenoxy) is 1. The molecule has 2 rings (SSSR count). The van der Waals surface area contributed by atoms with Crippen LogP contribution in [-0.4, -0.2) is 19.1 Å². The standard InChI is InChI=1S/C16H22ClNO2/c1-16(2,3)15(19)20-14-5-4-12(17)10-13(14)11-6-8-18-9-7-11/h4-5,10-11,18H,6-9H2,1-3H3. The molecular formula is C16H22ClNO2. The summed E-state index contributed by atoms with van der Waals surface area (Å²) in [6, 6.07) is 5.52. The zero-order chi connectivity index (χ0) is 14.8. The van der Waals surface area contributed by atoms with Crippen LogP contribution in [0.2, 0.25) is 5.02 Å². The van der Waals surface area contributed by atoms with E-state index in [4.69, 9.17) is 16.3 Å². The van der Waals surface area contributed by atoms with E-state index < -0.39 is 5.41 Å². The Balaban J connectivity index is 2.25. The number of rotatable bonds is 2. The summed E-state index contributed by atoms with van der Waals surface area (Å²) < 4.78 is 5.60. The summed E-state index contributed by atoms with van der Waals surface area (Å²) in [5.41, 5.74) is 0.544. The molecule has 3 nitrogen and oxygen atoms in total. The average molecular weight is 296 g/mol. The molecule has 1 aromatic carbocycles. The van der Waals surface area contributed by atoms with Crippen molar-refractivity contribution >= 4 is 17.6 Å². The Morgan fingerprint density at radius 3 is 2.55 bits per heavy atom. The summed E-state index contributed by atoms with van der Waals surface area (Å²) in [7, 11) is 0. The summed E-state index contributed by atoms with van der Waals surface area (Å²) in [5, 5.41) is 4.03. The fraction of sp³-hybridized carbons (Fsp3) is 0.562. The van der Waals surface area contributed by atoms with E-state index in [1.807, 2.05) is 32.9 Å². The van der Waals surface area contributed by atoms with E-state index in [1.54, 1.807) is 6.07 Å². The molecule has 0 spiro atoms. The van der Waals surface area contributed by atoms with Crippen molar-refractivity contribution in [2.24, 2.45) is 5.41 Å². The van der Waals surface area contributed by atoms with Gasteiger partial charge in [-0.3, -0.25) is 4.79 Å². The van der Waals surface area contributed by atoms with Crippen molar-refractivity contribution in [3.63, 3.8) is 0 Å². The highest BCUT2D eigenvalue weighted by Gasteiger charge is 2.26. The van der Waals surface area contributed by atoms with Crippen LogP contribution in [0.4, 0.5) is 0 Å². The van der Waals surface area contributed by atoms with Crippen molar-refractivity contribution in [1.82, 2.24) is 5.32 Å². The quantitative estimate of drug-likeness (QED) is 0.667. The van der Waals surface area contributed by atoms with E-state index in [2.05, 4.69) is 5.32 Å². The molecule has 1 saturated heterocycles. The van der Waals surface area contributed by atoms with Crippen LogP contribution in [0, 0.1) is 5.41 Å². The van der Waals surface area contributed by atoms with Crippen LogP contribution in [0.3, 0.4) is 0 Å². The van der Waals surface area contributed by atoms with E-state index in [0.717, 1.165) is 31.5 Å². The first-order chi connectivity index (χ1) is 9.38. The lowest BCUT2D eigenvalue weighted by Crippen LogP contribution is -2.28. The fourth-order valence-electron chi connectivity index (χ4n) is 2.32. The Kier molecular flexibility index (Phi) is 4.71. The molecule has 0 aromatic heterocycles. The third kappa shape index (κ3) is 3.74. The Labute approximate surface area is 125 Å². The SMILES string of the molecule is CC(C)(C)C(=O)Oc1ccc(Cl)cc1C1CCNCC1. The topological polar surface area (TPSA) is 38.3 Å². The molecule has 1 N–H and O–H groups in total. The molecule has 0 amide bonds. The molecular weight excluding hydrogens is 274 g/mol. The first kappa shape index (κ1) is 15.3. The molecule has 0 bridgehead atoms. The van der Waals surface area contributed by atoms with Crippen molar-refractivity contribution in [2.75, 3.05) is 13.1 Å². The lowest BCUT2D eigenvalue weighted by Gasteiger charge is -2.26. The molecule has 0 saturated carbocycles. The van der Waals surface area contributed by atoms with Gasteiger partial charge in [0.25, 0.3) is 0 Å². The molecule has 1 aliphatic heterocycles. The van der Waals surface area contributed by atoms with Crippen molar-refractivity contribution in [2.45, 2.75) is 39.5 Å². The van der Waals surface area contributed by atoms with Crippen molar-refractivity contribution in [3.8, 4) is 5.75 Å². The van der Waals surface area contributed by atoms with Gasteiger partial charge in [-0.2, -0.15) is 0 Å². The molecule has 1 aliphatic rings. The minimum atomic E-state index is -0.509. The van der Waals surface area contributed by atoms with Crippen molar-refractivity contribution < 1.29 is 9.53 Å². The maximum absolute atomic E-state index is 12.1. The lowest BCUT2D eigenvalue weighted by molar-refractivity contribution is -0.143. The van der Waals surface area contributed by atoms with E-state index >= 15 is 0 Å². The number of carbonyl (C=O) groups is 1.